The zero-order chi connectivity index (χ0) is 22.5. The second-order valence-corrected chi connectivity index (χ2v) is 8.26. The van der Waals surface area contributed by atoms with Crippen molar-refractivity contribution in [3.8, 4) is 23.0 Å². The molecule has 1 amide bonds. The lowest BCUT2D eigenvalue weighted by Gasteiger charge is -2.15. The van der Waals surface area contributed by atoms with Crippen LogP contribution in [-0.2, 0) is 0 Å². The van der Waals surface area contributed by atoms with Gasteiger partial charge >= 0.3 is 0 Å². The largest absolute Gasteiger partial charge is 0.493 e. The molecule has 3 aromatic rings. The van der Waals surface area contributed by atoms with Gasteiger partial charge in [0.2, 0.25) is 0 Å². The van der Waals surface area contributed by atoms with Crippen molar-refractivity contribution in [1.29, 1.82) is 0 Å². The van der Waals surface area contributed by atoms with Gasteiger partial charge in [-0.15, -0.1) is 0 Å². The van der Waals surface area contributed by atoms with Crippen LogP contribution in [0.15, 0.2) is 39.3 Å². The molecule has 1 N–H and O–H groups in total. The van der Waals surface area contributed by atoms with Crippen LogP contribution >= 0.6 is 15.9 Å². The van der Waals surface area contributed by atoms with E-state index < -0.39 is 0 Å². The lowest BCUT2D eigenvalue weighted by Crippen LogP contribution is -2.14. The highest BCUT2D eigenvalue weighted by molar-refractivity contribution is 9.10. The Labute approximate surface area is 190 Å². The molecule has 0 bridgehead atoms. The Kier molecular flexibility index (Phi) is 7.33. The van der Waals surface area contributed by atoms with Gasteiger partial charge in [-0.3, -0.25) is 4.79 Å². The molecule has 0 fully saturated rings. The molecule has 0 atom stereocenters. The van der Waals surface area contributed by atoms with E-state index in [1.54, 1.807) is 19.2 Å². The molecule has 1 aromatic heterocycles. The van der Waals surface area contributed by atoms with Crippen LogP contribution in [0.25, 0.3) is 11.5 Å². The van der Waals surface area contributed by atoms with Crippen molar-refractivity contribution in [1.82, 2.24) is 10.1 Å². The standard InChI is InChI=1S/C23H26BrN3O4/c1-6-10-30-20-17(24)11-15(12-18(20)29-5)22(28)25-19-14(4)8-7-9-16(19)23-26-21(13(2)3)27-31-23/h7-9,11-13H,6,10H2,1-5H3,(H,25,28). The maximum absolute atomic E-state index is 13.1. The van der Waals surface area contributed by atoms with Crippen LogP contribution in [0.4, 0.5) is 5.69 Å². The van der Waals surface area contributed by atoms with Crippen molar-refractivity contribution in [2.75, 3.05) is 19.0 Å². The number of hydrogen-bond acceptors (Lipinski definition) is 6. The Balaban J connectivity index is 1.94. The summed E-state index contributed by atoms with van der Waals surface area (Å²) in [5.74, 6) is 1.88. The predicted molar refractivity (Wildman–Crippen MR) is 123 cm³/mol. The molecule has 0 radical (unpaired) electrons. The van der Waals surface area contributed by atoms with E-state index in [0.717, 1.165) is 12.0 Å². The fourth-order valence-corrected chi connectivity index (χ4v) is 3.53. The summed E-state index contributed by atoms with van der Waals surface area (Å²) >= 11 is 3.49. The van der Waals surface area contributed by atoms with Crippen LogP contribution in [0.3, 0.4) is 0 Å². The quantitative estimate of drug-likeness (QED) is 0.420. The second-order valence-electron chi connectivity index (χ2n) is 7.40. The first-order valence-electron chi connectivity index (χ1n) is 10.1. The summed E-state index contributed by atoms with van der Waals surface area (Å²) in [6.07, 6.45) is 0.863. The van der Waals surface area contributed by atoms with Crippen molar-refractivity contribution in [3.05, 3.63) is 51.8 Å². The van der Waals surface area contributed by atoms with Crippen LogP contribution in [0, 0.1) is 6.92 Å². The fourth-order valence-electron chi connectivity index (χ4n) is 2.97. The number of carbonyl (C=O) groups excluding carboxylic acids is 1. The van der Waals surface area contributed by atoms with Crippen LogP contribution in [0.2, 0.25) is 0 Å². The van der Waals surface area contributed by atoms with Gasteiger partial charge in [-0.25, -0.2) is 0 Å². The van der Waals surface area contributed by atoms with Gasteiger partial charge in [0.1, 0.15) is 0 Å². The summed E-state index contributed by atoms with van der Waals surface area (Å²) in [5, 5.41) is 7.02. The molecule has 7 nitrogen and oxygen atoms in total. The van der Waals surface area contributed by atoms with Gasteiger partial charge in [0, 0.05) is 11.5 Å². The van der Waals surface area contributed by atoms with Crippen LogP contribution in [-0.4, -0.2) is 29.8 Å². The number of amides is 1. The molecule has 1 heterocycles. The maximum atomic E-state index is 13.1. The van der Waals surface area contributed by atoms with Crippen molar-refractivity contribution in [3.63, 3.8) is 0 Å². The van der Waals surface area contributed by atoms with Gasteiger partial charge in [-0.05, 0) is 53.0 Å². The third-order valence-electron chi connectivity index (χ3n) is 4.64. The minimum atomic E-state index is -0.291. The van der Waals surface area contributed by atoms with Gasteiger partial charge in [0.05, 0.1) is 29.4 Å². The fraction of sp³-hybridized carbons (Fsp3) is 0.348. The van der Waals surface area contributed by atoms with Crippen molar-refractivity contribution in [2.24, 2.45) is 0 Å². The zero-order valence-electron chi connectivity index (χ0n) is 18.3. The molecule has 0 aliphatic rings. The molecule has 2 aromatic carbocycles. The first-order valence-corrected chi connectivity index (χ1v) is 10.9. The van der Waals surface area contributed by atoms with E-state index in [4.69, 9.17) is 14.0 Å². The monoisotopic (exact) mass is 487 g/mol. The molecule has 8 heteroatoms. The first-order chi connectivity index (χ1) is 14.8. The summed E-state index contributed by atoms with van der Waals surface area (Å²) in [5.41, 5.74) is 2.59. The Hall–Kier alpha value is -2.87. The van der Waals surface area contributed by atoms with Crippen LogP contribution in [0.1, 0.15) is 54.9 Å². The van der Waals surface area contributed by atoms with Crippen LogP contribution in [0.5, 0.6) is 11.5 Å². The average molecular weight is 488 g/mol. The lowest BCUT2D eigenvalue weighted by atomic mass is 10.1. The third kappa shape index (κ3) is 5.07. The maximum Gasteiger partial charge on any atom is 0.260 e. The molecule has 164 valence electrons. The number of rotatable bonds is 8. The number of ether oxygens (including phenoxy) is 2. The SMILES string of the molecule is CCCOc1c(Br)cc(C(=O)Nc2c(C)cccc2-c2nc(C(C)C)no2)cc1OC. The van der Waals surface area contributed by atoms with E-state index in [1.165, 1.54) is 0 Å². The number of halogens is 1. The van der Waals surface area contributed by atoms with E-state index in [0.29, 0.717) is 51.1 Å². The van der Waals surface area contributed by atoms with E-state index >= 15 is 0 Å². The number of anilines is 1. The van der Waals surface area contributed by atoms with Crippen molar-refractivity contribution in [2.45, 2.75) is 40.0 Å². The summed E-state index contributed by atoms with van der Waals surface area (Å²) in [7, 11) is 1.55. The molecule has 0 aliphatic carbocycles. The average Bonchev–Trinajstić information content (AvgIpc) is 3.24. The Morgan fingerprint density at radius 3 is 2.71 bits per heavy atom. The molecule has 31 heavy (non-hydrogen) atoms. The minimum Gasteiger partial charge on any atom is -0.493 e. The second kappa shape index (κ2) is 9.96. The highest BCUT2D eigenvalue weighted by Crippen LogP contribution is 2.37. The molecule has 0 saturated carbocycles. The lowest BCUT2D eigenvalue weighted by molar-refractivity contribution is 0.102. The van der Waals surface area contributed by atoms with E-state index in [-0.39, 0.29) is 11.8 Å². The van der Waals surface area contributed by atoms with Gasteiger partial charge in [-0.1, -0.05) is 38.1 Å². The van der Waals surface area contributed by atoms with Gasteiger partial charge in [0.15, 0.2) is 17.3 Å². The molecule has 0 spiro atoms. The summed E-state index contributed by atoms with van der Waals surface area (Å²) in [6.45, 7) is 8.47. The number of nitrogens with zero attached hydrogens (tertiary/aromatic N) is 2. The molecule has 0 saturated heterocycles. The normalized spacial score (nSPS) is 10.9. The number of aromatic nitrogens is 2. The molecule has 0 unspecified atom stereocenters. The third-order valence-corrected chi connectivity index (χ3v) is 5.23. The Bertz CT molecular complexity index is 1080. The van der Waals surface area contributed by atoms with E-state index in [1.807, 2.05) is 45.9 Å². The number of hydrogen-bond donors (Lipinski definition) is 1. The van der Waals surface area contributed by atoms with Gasteiger partial charge in [-0.2, -0.15) is 4.98 Å². The number of carbonyl (C=O) groups is 1. The summed E-state index contributed by atoms with van der Waals surface area (Å²) in [6, 6.07) is 9.02. The number of para-hydroxylation sites is 1. The Morgan fingerprint density at radius 1 is 1.29 bits per heavy atom. The zero-order valence-corrected chi connectivity index (χ0v) is 19.9. The number of aryl methyl sites for hydroxylation is 1. The van der Waals surface area contributed by atoms with Gasteiger partial charge in [0.25, 0.3) is 11.8 Å². The van der Waals surface area contributed by atoms with Crippen molar-refractivity contribution < 1.29 is 18.8 Å². The summed E-state index contributed by atoms with van der Waals surface area (Å²) in [4.78, 5) is 17.6. The first kappa shape index (κ1) is 22.8. The highest BCUT2D eigenvalue weighted by Gasteiger charge is 2.20. The molecule has 0 aliphatic heterocycles. The smallest absolute Gasteiger partial charge is 0.260 e. The molecule has 3 rings (SSSR count). The number of benzene rings is 2. The number of methoxy groups -OCH3 is 1. The Morgan fingerprint density at radius 2 is 2.06 bits per heavy atom. The highest BCUT2D eigenvalue weighted by atomic mass is 79.9. The topological polar surface area (TPSA) is 86.5 Å². The van der Waals surface area contributed by atoms with Crippen molar-refractivity contribution >= 4 is 27.5 Å². The van der Waals surface area contributed by atoms with E-state index in [2.05, 4.69) is 31.4 Å². The van der Waals surface area contributed by atoms with E-state index in [9.17, 15) is 4.79 Å². The van der Waals surface area contributed by atoms with Crippen LogP contribution < -0.4 is 14.8 Å². The summed E-state index contributed by atoms with van der Waals surface area (Å²) < 4.78 is 17.3. The minimum absolute atomic E-state index is 0.138. The number of nitrogens with one attached hydrogen (secondary N) is 1. The molecular weight excluding hydrogens is 462 g/mol. The predicted octanol–water partition coefficient (Wildman–Crippen LogP) is 5.98. The molecular formula is C23H26BrN3O4. The van der Waals surface area contributed by atoms with Gasteiger partial charge < -0.3 is 19.3 Å².